The summed E-state index contributed by atoms with van der Waals surface area (Å²) in [7, 11) is 0. The van der Waals surface area contributed by atoms with Crippen LogP contribution in [0.2, 0.25) is 0 Å². The lowest BCUT2D eigenvalue weighted by atomic mass is 10.1. The summed E-state index contributed by atoms with van der Waals surface area (Å²) in [5, 5.41) is 0.191. The molecule has 0 saturated heterocycles. The topological polar surface area (TPSA) is 43.1 Å². The number of rotatable bonds is 2. The average Bonchev–Trinajstić information content (AvgIpc) is 2.13. The van der Waals surface area contributed by atoms with Gasteiger partial charge in [-0.15, -0.1) is 0 Å². The minimum absolute atomic E-state index is 0.0354. The molecular formula is C8H6Br2FNO. The second-order valence-corrected chi connectivity index (χ2v) is 3.73. The summed E-state index contributed by atoms with van der Waals surface area (Å²) >= 11 is 6.09. The van der Waals surface area contributed by atoms with Crippen LogP contribution < -0.4 is 5.73 Å². The van der Waals surface area contributed by atoms with E-state index in [4.69, 9.17) is 5.73 Å². The minimum Gasteiger partial charge on any atom is -0.395 e. The number of carbonyl (C=O) groups is 1. The van der Waals surface area contributed by atoms with Gasteiger partial charge in [-0.05, 0) is 28.1 Å². The van der Waals surface area contributed by atoms with Crippen LogP contribution in [0.5, 0.6) is 0 Å². The smallest absolute Gasteiger partial charge is 0.174 e. The summed E-state index contributed by atoms with van der Waals surface area (Å²) in [5.41, 5.74) is 5.74. The van der Waals surface area contributed by atoms with E-state index >= 15 is 0 Å². The van der Waals surface area contributed by atoms with Crippen molar-refractivity contribution in [3.05, 3.63) is 28.0 Å². The minimum atomic E-state index is -0.530. The van der Waals surface area contributed by atoms with Crippen molar-refractivity contribution in [2.75, 3.05) is 11.1 Å². The Labute approximate surface area is 91.6 Å². The van der Waals surface area contributed by atoms with E-state index in [1.807, 2.05) is 0 Å². The zero-order valence-corrected chi connectivity index (χ0v) is 9.65. The normalized spacial score (nSPS) is 10.1. The van der Waals surface area contributed by atoms with Crippen molar-refractivity contribution in [3.63, 3.8) is 0 Å². The van der Waals surface area contributed by atoms with Gasteiger partial charge in [-0.1, -0.05) is 15.9 Å². The van der Waals surface area contributed by atoms with Crippen molar-refractivity contribution in [1.82, 2.24) is 0 Å². The van der Waals surface area contributed by atoms with Crippen LogP contribution in [-0.4, -0.2) is 11.1 Å². The highest BCUT2D eigenvalue weighted by atomic mass is 79.9. The summed E-state index contributed by atoms with van der Waals surface area (Å²) in [5.74, 6) is -0.670. The first-order valence-electron chi connectivity index (χ1n) is 3.40. The first-order chi connectivity index (χ1) is 6.07. The molecule has 0 fully saturated rings. The van der Waals surface area contributed by atoms with Crippen LogP contribution in [-0.2, 0) is 0 Å². The van der Waals surface area contributed by atoms with Crippen LogP contribution >= 0.6 is 31.9 Å². The van der Waals surface area contributed by atoms with Crippen LogP contribution in [0, 0.1) is 5.82 Å². The van der Waals surface area contributed by atoms with Crippen LogP contribution in [0.3, 0.4) is 0 Å². The number of nitrogen functional groups attached to an aromatic ring is 1. The highest BCUT2D eigenvalue weighted by molar-refractivity contribution is 9.10. The predicted molar refractivity (Wildman–Crippen MR) is 56.6 cm³/mol. The van der Waals surface area contributed by atoms with Crippen molar-refractivity contribution in [2.45, 2.75) is 0 Å². The van der Waals surface area contributed by atoms with Gasteiger partial charge in [-0.3, -0.25) is 4.79 Å². The van der Waals surface area contributed by atoms with E-state index in [1.165, 1.54) is 12.1 Å². The summed E-state index contributed by atoms with van der Waals surface area (Å²) in [6.07, 6.45) is 0. The highest BCUT2D eigenvalue weighted by Gasteiger charge is 2.13. The Hall–Kier alpha value is -0.420. The second kappa shape index (κ2) is 4.19. The van der Waals surface area contributed by atoms with E-state index in [0.29, 0.717) is 10.0 Å². The third-order valence-corrected chi connectivity index (χ3v) is 2.91. The Bertz CT molecular complexity index is 354. The standard InChI is InChI=1S/C8H6Br2FNO/c9-3-6(13)4-1-2-5(11)8(12)7(4)10/h1-2H,3,12H2. The van der Waals surface area contributed by atoms with Crippen molar-refractivity contribution in [1.29, 1.82) is 0 Å². The Morgan fingerprint density at radius 2 is 2.15 bits per heavy atom. The maximum atomic E-state index is 12.8. The zero-order chi connectivity index (χ0) is 10.0. The fourth-order valence-corrected chi connectivity index (χ4v) is 1.70. The molecule has 1 aromatic rings. The number of ketones is 1. The molecule has 0 aliphatic carbocycles. The Morgan fingerprint density at radius 3 is 2.69 bits per heavy atom. The lowest BCUT2D eigenvalue weighted by Crippen LogP contribution is -2.04. The van der Waals surface area contributed by atoms with E-state index in [2.05, 4.69) is 31.9 Å². The second-order valence-electron chi connectivity index (χ2n) is 2.38. The van der Waals surface area contributed by atoms with Gasteiger partial charge in [0.15, 0.2) is 5.78 Å². The summed E-state index contributed by atoms with van der Waals surface area (Å²) < 4.78 is 13.2. The van der Waals surface area contributed by atoms with Gasteiger partial charge >= 0.3 is 0 Å². The van der Waals surface area contributed by atoms with E-state index < -0.39 is 5.82 Å². The van der Waals surface area contributed by atoms with Crippen LogP contribution in [0.25, 0.3) is 0 Å². The van der Waals surface area contributed by atoms with Crippen LogP contribution in [0.15, 0.2) is 16.6 Å². The molecule has 0 atom stereocenters. The molecule has 0 unspecified atom stereocenters. The number of Topliss-reactive ketones (excluding diaryl/α,β-unsaturated/α-hetero) is 1. The molecule has 0 amide bonds. The highest BCUT2D eigenvalue weighted by Crippen LogP contribution is 2.27. The molecule has 0 heterocycles. The Kier molecular flexibility index (Phi) is 3.44. The quantitative estimate of drug-likeness (QED) is 0.518. The SMILES string of the molecule is Nc1c(F)ccc(C(=O)CBr)c1Br. The van der Waals surface area contributed by atoms with Gasteiger partial charge in [0, 0.05) is 5.56 Å². The molecule has 13 heavy (non-hydrogen) atoms. The van der Waals surface area contributed by atoms with Gasteiger partial charge in [0.05, 0.1) is 15.5 Å². The molecule has 5 heteroatoms. The zero-order valence-electron chi connectivity index (χ0n) is 6.48. The van der Waals surface area contributed by atoms with Gasteiger partial charge in [0.2, 0.25) is 0 Å². The van der Waals surface area contributed by atoms with Crippen molar-refractivity contribution >= 4 is 43.3 Å². The molecule has 0 aliphatic heterocycles. The number of nitrogens with two attached hydrogens (primary N) is 1. The van der Waals surface area contributed by atoms with E-state index in [-0.39, 0.29) is 16.8 Å². The van der Waals surface area contributed by atoms with Crippen LogP contribution in [0.1, 0.15) is 10.4 Å². The maximum Gasteiger partial charge on any atom is 0.174 e. The fourth-order valence-electron chi connectivity index (χ4n) is 0.857. The Balaban J connectivity index is 3.26. The first kappa shape index (κ1) is 10.7. The average molecular weight is 311 g/mol. The van der Waals surface area contributed by atoms with Gasteiger partial charge < -0.3 is 5.73 Å². The monoisotopic (exact) mass is 309 g/mol. The van der Waals surface area contributed by atoms with Crippen molar-refractivity contribution < 1.29 is 9.18 Å². The molecule has 70 valence electrons. The number of halogens is 3. The number of anilines is 1. The molecular weight excluding hydrogens is 305 g/mol. The number of alkyl halides is 1. The van der Waals surface area contributed by atoms with Gasteiger partial charge in [0.1, 0.15) is 5.82 Å². The predicted octanol–water partition coefficient (Wildman–Crippen LogP) is 2.75. The van der Waals surface area contributed by atoms with Crippen molar-refractivity contribution in [2.24, 2.45) is 0 Å². The summed E-state index contributed by atoms with van der Waals surface area (Å²) in [4.78, 5) is 11.2. The van der Waals surface area contributed by atoms with Gasteiger partial charge in [-0.2, -0.15) is 0 Å². The number of hydrogen-bond acceptors (Lipinski definition) is 2. The summed E-state index contributed by atoms with van der Waals surface area (Å²) in [6, 6.07) is 2.58. The molecule has 0 spiro atoms. The van der Waals surface area contributed by atoms with Crippen LogP contribution in [0.4, 0.5) is 10.1 Å². The molecule has 1 aromatic carbocycles. The molecule has 2 nitrogen and oxygen atoms in total. The third-order valence-electron chi connectivity index (χ3n) is 1.55. The molecule has 0 radical (unpaired) electrons. The lowest BCUT2D eigenvalue weighted by Gasteiger charge is -2.04. The maximum absolute atomic E-state index is 12.8. The largest absolute Gasteiger partial charge is 0.395 e. The fraction of sp³-hybridized carbons (Fsp3) is 0.125. The van der Waals surface area contributed by atoms with E-state index in [1.54, 1.807) is 0 Å². The number of carbonyl (C=O) groups excluding carboxylic acids is 1. The lowest BCUT2D eigenvalue weighted by molar-refractivity contribution is 0.102. The molecule has 0 bridgehead atoms. The van der Waals surface area contributed by atoms with E-state index in [0.717, 1.165) is 0 Å². The third kappa shape index (κ3) is 2.08. The molecule has 2 N–H and O–H groups in total. The molecule has 0 saturated carbocycles. The molecule has 1 rings (SSSR count). The first-order valence-corrected chi connectivity index (χ1v) is 5.32. The molecule has 0 aliphatic rings. The Morgan fingerprint density at radius 1 is 1.54 bits per heavy atom. The van der Waals surface area contributed by atoms with E-state index in [9.17, 15) is 9.18 Å². The van der Waals surface area contributed by atoms with Gasteiger partial charge in [0.25, 0.3) is 0 Å². The van der Waals surface area contributed by atoms with Gasteiger partial charge in [-0.25, -0.2) is 4.39 Å². The number of hydrogen-bond donors (Lipinski definition) is 1. The molecule has 0 aromatic heterocycles. The number of benzene rings is 1. The summed E-state index contributed by atoms with van der Waals surface area (Å²) in [6.45, 7) is 0. The van der Waals surface area contributed by atoms with Crippen molar-refractivity contribution in [3.8, 4) is 0 Å².